The highest BCUT2D eigenvalue weighted by Gasteiger charge is 2.42. The van der Waals surface area contributed by atoms with Crippen LogP contribution in [-0.4, -0.2) is 42.8 Å². The number of furan rings is 1. The number of alkyl carbamates (subject to hydrolysis) is 1. The molecule has 3 heterocycles. The molecular weight excluding hydrogens is 244 g/mol. The summed E-state index contributed by atoms with van der Waals surface area (Å²) in [5, 5.41) is 2.76. The molecular formula is C14H20N2O3. The van der Waals surface area contributed by atoms with Crippen LogP contribution in [0.3, 0.4) is 0 Å². The smallest absolute Gasteiger partial charge is 0.407 e. The van der Waals surface area contributed by atoms with Gasteiger partial charge < -0.3 is 19.4 Å². The summed E-state index contributed by atoms with van der Waals surface area (Å²) in [7, 11) is 0. The molecule has 1 spiro atoms. The van der Waals surface area contributed by atoms with E-state index in [0.717, 1.165) is 51.1 Å². The Kier molecular flexibility index (Phi) is 3.46. The minimum atomic E-state index is -0.258. The summed E-state index contributed by atoms with van der Waals surface area (Å²) >= 11 is 0. The third-order valence-electron chi connectivity index (χ3n) is 4.11. The molecule has 2 aliphatic rings. The fourth-order valence-corrected chi connectivity index (χ4v) is 2.90. The van der Waals surface area contributed by atoms with Crippen molar-refractivity contribution in [2.24, 2.45) is 0 Å². The van der Waals surface area contributed by atoms with Crippen molar-refractivity contribution in [1.82, 2.24) is 10.2 Å². The molecule has 0 aliphatic carbocycles. The Balaban J connectivity index is 1.39. The molecule has 5 heteroatoms. The topological polar surface area (TPSA) is 54.7 Å². The van der Waals surface area contributed by atoms with Crippen LogP contribution in [-0.2, 0) is 11.2 Å². The summed E-state index contributed by atoms with van der Waals surface area (Å²) in [5.74, 6) is 1.06. The quantitative estimate of drug-likeness (QED) is 0.900. The van der Waals surface area contributed by atoms with Crippen molar-refractivity contribution in [2.45, 2.75) is 31.3 Å². The van der Waals surface area contributed by atoms with E-state index in [1.807, 2.05) is 12.1 Å². The Hall–Kier alpha value is -1.49. The number of aryl methyl sites for hydroxylation is 1. The molecule has 2 saturated heterocycles. The van der Waals surface area contributed by atoms with E-state index < -0.39 is 0 Å². The maximum Gasteiger partial charge on any atom is 0.407 e. The molecule has 2 fully saturated rings. The van der Waals surface area contributed by atoms with Gasteiger partial charge in [-0.05, 0) is 25.1 Å². The van der Waals surface area contributed by atoms with E-state index in [0.29, 0.717) is 6.54 Å². The van der Waals surface area contributed by atoms with Gasteiger partial charge in [0.15, 0.2) is 0 Å². The van der Waals surface area contributed by atoms with E-state index in [9.17, 15) is 4.79 Å². The van der Waals surface area contributed by atoms with Crippen LogP contribution < -0.4 is 5.32 Å². The molecule has 1 aromatic heterocycles. The molecule has 3 rings (SSSR count). The second-order valence-corrected chi connectivity index (χ2v) is 5.45. The second kappa shape index (κ2) is 5.25. The summed E-state index contributed by atoms with van der Waals surface area (Å²) in [4.78, 5) is 13.6. The second-order valence-electron chi connectivity index (χ2n) is 5.45. The minimum absolute atomic E-state index is 0.228. The molecule has 0 aromatic carbocycles. The van der Waals surface area contributed by atoms with Gasteiger partial charge in [0.1, 0.15) is 11.4 Å². The average molecular weight is 264 g/mol. The third kappa shape index (κ3) is 2.92. The standard InChI is InChI=1S/C14H20N2O3/c17-13-15-11-14(19-13)5-8-16(9-6-14)7-1-3-12-4-2-10-18-12/h2,4,10H,1,3,5-9,11H2,(H,15,17). The summed E-state index contributed by atoms with van der Waals surface area (Å²) < 4.78 is 10.7. The third-order valence-corrected chi connectivity index (χ3v) is 4.11. The zero-order valence-corrected chi connectivity index (χ0v) is 11.1. The summed E-state index contributed by atoms with van der Waals surface area (Å²) in [5.41, 5.74) is -0.228. The number of piperidine rings is 1. The maximum atomic E-state index is 11.1. The van der Waals surface area contributed by atoms with Gasteiger partial charge in [-0.2, -0.15) is 0 Å². The van der Waals surface area contributed by atoms with Gasteiger partial charge in [-0.3, -0.25) is 0 Å². The van der Waals surface area contributed by atoms with Crippen molar-refractivity contribution in [3.63, 3.8) is 0 Å². The highest BCUT2D eigenvalue weighted by Crippen LogP contribution is 2.29. The first-order chi connectivity index (χ1) is 9.26. The zero-order chi connectivity index (χ0) is 13.1. The van der Waals surface area contributed by atoms with Crippen LogP contribution in [0.25, 0.3) is 0 Å². The first-order valence-corrected chi connectivity index (χ1v) is 6.97. The van der Waals surface area contributed by atoms with Crippen molar-refractivity contribution in [1.29, 1.82) is 0 Å². The molecule has 1 N–H and O–H groups in total. The largest absolute Gasteiger partial charge is 0.469 e. The van der Waals surface area contributed by atoms with Gasteiger partial charge in [0, 0.05) is 32.4 Å². The first kappa shape index (κ1) is 12.5. The summed E-state index contributed by atoms with van der Waals surface area (Å²) in [6.07, 6.45) is 5.44. The molecule has 19 heavy (non-hydrogen) atoms. The van der Waals surface area contributed by atoms with Gasteiger partial charge in [0.05, 0.1) is 12.8 Å². The molecule has 2 aliphatic heterocycles. The van der Waals surface area contributed by atoms with Crippen molar-refractivity contribution in [3.8, 4) is 0 Å². The van der Waals surface area contributed by atoms with Crippen LogP contribution >= 0.6 is 0 Å². The number of ether oxygens (including phenoxy) is 1. The SMILES string of the molecule is O=C1NCC2(CCN(CCCc3ccco3)CC2)O1. The predicted octanol–water partition coefficient (Wildman–Crippen LogP) is 1.79. The van der Waals surface area contributed by atoms with Crippen molar-refractivity contribution >= 4 is 6.09 Å². The predicted molar refractivity (Wildman–Crippen MR) is 69.9 cm³/mol. The van der Waals surface area contributed by atoms with Crippen LogP contribution in [0.15, 0.2) is 22.8 Å². The van der Waals surface area contributed by atoms with Crippen LogP contribution in [0.2, 0.25) is 0 Å². The Morgan fingerprint density at radius 1 is 1.37 bits per heavy atom. The van der Waals surface area contributed by atoms with E-state index in [2.05, 4.69) is 10.2 Å². The number of rotatable bonds is 4. The van der Waals surface area contributed by atoms with Gasteiger partial charge >= 0.3 is 6.09 Å². The van der Waals surface area contributed by atoms with E-state index in [1.165, 1.54) is 0 Å². The average Bonchev–Trinajstić information content (AvgIpc) is 3.03. The van der Waals surface area contributed by atoms with Crippen molar-refractivity contribution in [3.05, 3.63) is 24.2 Å². The number of carbonyl (C=O) groups is 1. The number of carbonyl (C=O) groups excluding carboxylic acids is 1. The minimum Gasteiger partial charge on any atom is -0.469 e. The fourth-order valence-electron chi connectivity index (χ4n) is 2.90. The highest BCUT2D eigenvalue weighted by molar-refractivity contribution is 5.70. The maximum absolute atomic E-state index is 11.1. The number of amides is 1. The van der Waals surface area contributed by atoms with Gasteiger partial charge in [-0.15, -0.1) is 0 Å². The lowest BCUT2D eigenvalue weighted by Crippen LogP contribution is -2.46. The molecule has 0 atom stereocenters. The molecule has 0 saturated carbocycles. The number of likely N-dealkylation sites (tertiary alicyclic amines) is 1. The summed E-state index contributed by atoms with van der Waals surface area (Å²) in [6, 6.07) is 3.95. The van der Waals surface area contributed by atoms with Gasteiger partial charge in [0.25, 0.3) is 0 Å². The lowest BCUT2D eigenvalue weighted by molar-refractivity contribution is 0.000702. The first-order valence-electron chi connectivity index (χ1n) is 6.97. The molecule has 1 aromatic rings. The molecule has 0 radical (unpaired) electrons. The highest BCUT2D eigenvalue weighted by atomic mass is 16.6. The number of nitrogens with zero attached hydrogens (tertiary/aromatic N) is 1. The number of nitrogens with one attached hydrogen (secondary N) is 1. The molecule has 1 amide bonds. The van der Waals surface area contributed by atoms with E-state index in [4.69, 9.17) is 9.15 Å². The van der Waals surface area contributed by atoms with Crippen molar-refractivity contribution < 1.29 is 13.9 Å². The lowest BCUT2D eigenvalue weighted by Gasteiger charge is -2.37. The zero-order valence-electron chi connectivity index (χ0n) is 11.1. The van der Waals surface area contributed by atoms with E-state index in [1.54, 1.807) is 6.26 Å². The Labute approximate surface area is 112 Å². The van der Waals surface area contributed by atoms with Crippen LogP contribution in [0.5, 0.6) is 0 Å². The molecule has 104 valence electrons. The van der Waals surface area contributed by atoms with Crippen LogP contribution in [0.4, 0.5) is 4.79 Å². The number of hydrogen-bond donors (Lipinski definition) is 1. The van der Waals surface area contributed by atoms with Gasteiger partial charge in [-0.25, -0.2) is 4.79 Å². The monoisotopic (exact) mass is 264 g/mol. The van der Waals surface area contributed by atoms with Crippen molar-refractivity contribution in [2.75, 3.05) is 26.2 Å². The van der Waals surface area contributed by atoms with Crippen LogP contribution in [0, 0.1) is 0 Å². The lowest BCUT2D eigenvalue weighted by atomic mass is 9.91. The van der Waals surface area contributed by atoms with Gasteiger partial charge in [0.2, 0.25) is 0 Å². The molecule has 0 bridgehead atoms. The Morgan fingerprint density at radius 2 is 2.21 bits per heavy atom. The normalized spacial score (nSPS) is 22.4. The molecule has 0 unspecified atom stereocenters. The Bertz CT molecular complexity index is 422. The number of hydrogen-bond acceptors (Lipinski definition) is 4. The fraction of sp³-hybridized carbons (Fsp3) is 0.643. The summed E-state index contributed by atoms with van der Waals surface area (Å²) in [6.45, 7) is 3.77. The van der Waals surface area contributed by atoms with Gasteiger partial charge in [-0.1, -0.05) is 0 Å². The Morgan fingerprint density at radius 3 is 2.84 bits per heavy atom. The van der Waals surface area contributed by atoms with E-state index >= 15 is 0 Å². The van der Waals surface area contributed by atoms with Crippen LogP contribution in [0.1, 0.15) is 25.0 Å². The van der Waals surface area contributed by atoms with E-state index in [-0.39, 0.29) is 11.7 Å². The molecule has 5 nitrogen and oxygen atoms in total.